The van der Waals surface area contributed by atoms with Crippen molar-refractivity contribution < 1.29 is 13.9 Å². The van der Waals surface area contributed by atoms with E-state index in [0.29, 0.717) is 55.8 Å². The van der Waals surface area contributed by atoms with Crippen LogP contribution >= 0.6 is 11.6 Å². The van der Waals surface area contributed by atoms with Gasteiger partial charge in [0.1, 0.15) is 12.4 Å². The maximum Gasteiger partial charge on any atom is 0.318 e. The van der Waals surface area contributed by atoms with Gasteiger partial charge in [0.05, 0.1) is 35.8 Å². The van der Waals surface area contributed by atoms with Crippen molar-refractivity contribution >= 4 is 39.8 Å². The lowest BCUT2D eigenvalue weighted by atomic mass is 10.0. The monoisotopic (exact) mass is 617 g/mol. The Kier molecular flexibility index (Phi) is 8.61. The summed E-state index contributed by atoms with van der Waals surface area (Å²) in [5, 5.41) is 12.3. The van der Waals surface area contributed by atoms with Gasteiger partial charge < -0.3 is 19.4 Å². The summed E-state index contributed by atoms with van der Waals surface area (Å²) in [5.41, 5.74) is 2.95. The average molecular weight is 618 g/mol. The number of likely N-dealkylation sites (tertiary alicyclic amines) is 1. The zero-order chi connectivity index (χ0) is 31.0. The number of aromatic nitrogens is 2. The van der Waals surface area contributed by atoms with E-state index in [0.717, 1.165) is 53.0 Å². The molecule has 11 heteroatoms. The van der Waals surface area contributed by atoms with Crippen molar-refractivity contribution in [3.63, 3.8) is 0 Å². The Hall–Kier alpha value is -3.94. The van der Waals surface area contributed by atoms with Crippen LogP contribution in [-0.2, 0) is 17.8 Å². The van der Waals surface area contributed by atoms with E-state index >= 15 is 0 Å². The number of nitrogens with zero attached hydrogens (tertiary/aromatic N) is 7. The topological polar surface area (TPSA) is 88.8 Å². The van der Waals surface area contributed by atoms with Crippen molar-refractivity contribution in [3.8, 4) is 12.1 Å². The van der Waals surface area contributed by atoms with Gasteiger partial charge in [-0.25, -0.2) is 4.39 Å². The van der Waals surface area contributed by atoms with Gasteiger partial charge in [-0.2, -0.15) is 15.2 Å². The van der Waals surface area contributed by atoms with Crippen LogP contribution in [0.4, 0.5) is 15.9 Å². The Balaban J connectivity index is 1.33. The SMILES string of the molecule is C=C(F)C(=O)N1CCN(c2nc(OCC3CCN3C(C)C)nc3c2CCN(c2cccc4cccc(Cl)c24)C3)C[C@@H]1CC#N. The zero-order valence-electron chi connectivity index (χ0n) is 25.2. The fourth-order valence-corrected chi connectivity index (χ4v) is 6.98. The molecule has 0 N–H and O–H groups in total. The lowest BCUT2D eigenvalue weighted by molar-refractivity contribution is -0.131. The first kappa shape index (κ1) is 30.1. The molecule has 9 nitrogen and oxygen atoms in total. The lowest BCUT2D eigenvalue weighted by Crippen LogP contribution is -2.56. The fourth-order valence-electron chi connectivity index (χ4n) is 6.70. The molecule has 2 aromatic carbocycles. The van der Waals surface area contributed by atoms with Gasteiger partial charge in [0.15, 0.2) is 5.83 Å². The van der Waals surface area contributed by atoms with Crippen LogP contribution in [0.25, 0.3) is 10.8 Å². The minimum atomic E-state index is -1.02. The van der Waals surface area contributed by atoms with Crippen LogP contribution in [0.5, 0.6) is 6.01 Å². The molecule has 0 aliphatic carbocycles. The number of rotatable bonds is 8. The maximum atomic E-state index is 13.8. The van der Waals surface area contributed by atoms with Crippen LogP contribution < -0.4 is 14.5 Å². The van der Waals surface area contributed by atoms with Crippen molar-refractivity contribution in [2.75, 3.05) is 49.1 Å². The molecule has 1 unspecified atom stereocenters. The van der Waals surface area contributed by atoms with E-state index in [1.54, 1.807) is 0 Å². The third-order valence-corrected chi connectivity index (χ3v) is 9.37. The highest BCUT2D eigenvalue weighted by Crippen LogP contribution is 2.37. The summed E-state index contributed by atoms with van der Waals surface area (Å²) < 4.78 is 20.1. The first-order valence-corrected chi connectivity index (χ1v) is 15.6. The average Bonchev–Trinajstić information content (AvgIpc) is 2.99. The molecule has 0 radical (unpaired) electrons. The molecule has 0 saturated carbocycles. The van der Waals surface area contributed by atoms with Crippen molar-refractivity contribution in [1.82, 2.24) is 19.8 Å². The smallest absolute Gasteiger partial charge is 0.318 e. The van der Waals surface area contributed by atoms with Crippen LogP contribution in [0.15, 0.2) is 48.8 Å². The number of fused-ring (bicyclic) bond motifs is 2. The van der Waals surface area contributed by atoms with Crippen LogP contribution in [0, 0.1) is 11.3 Å². The predicted molar refractivity (Wildman–Crippen MR) is 170 cm³/mol. The Morgan fingerprint density at radius 1 is 1.14 bits per heavy atom. The standard InChI is InChI=1S/C33H37ClFN7O2/c1-21(2)41-15-11-25(41)20-44-33-37-28-19-39(29-9-5-7-23-6-4-8-27(34)30(23)29)14-12-26(28)31(38-33)40-16-17-42(32(43)22(3)35)24(18-40)10-13-36/h4-9,21,24-25H,3,10-12,14-20H2,1-2H3/t24-,25?/m0/s1. The van der Waals surface area contributed by atoms with E-state index in [9.17, 15) is 14.4 Å². The van der Waals surface area contributed by atoms with Gasteiger partial charge in [-0.05, 0) is 44.2 Å². The molecule has 44 heavy (non-hydrogen) atoms. The number of benzene rings is 2. The highest BCUT2D eigenvalue weighted by Gasteiger charge is 2.35. The van der Waals surface area contributed by atoms with Crippen molar-refractivity contribution in [1.29, 1.82) is 5.26 Å². The number of carbonyl (C=O) groups excluding carboxylic acids is 1. The van der Waals surface area contributed by atoms with Crippen LogP contribution in [-0.4, -0.2) is 83.1 Å². The molecule has 230 valence electrons. The number of halogens is 2. The number of ether oxygens (including phenoxy) is 1. The summed E-state index contributed by atoms with van der Waals surface area (Å²) in [7, 11) is 0. The summed E-state index contributed by atoms with van der Waals surface area (Å²) in [4.78, 5) is 30.6. The van der Waals surface area contributed by atoms with Gasteiger partial charge in [0.25, 0.3) is 5.91 Å². The second-order valence-corrected chi connectivity index (χ2v) is 12.4. The van der Waals surface area contributed by atoms with E-state index in [4.69, 9.17) is 26.3 Å². The molecule has 2 atom stereocenters. The van der Waals surface area contributed by atoms with Crippen molar-refractivity contribution in [2.45, 2.75) is 57.8 Å². The van der Waals surface area contributed by atoms with Crippen LogP contribution in [0.3, 0.4) is 0 Å². The Morgan fingerprint density at radius 2 is 1.93 bits per heavy atom. The second kappa shape index (κ2) is 12.6. The number of piperazine rings is 1. The largest absolute Gasteiger partial charge is 0.462 e. The third-order valence-electron chi connectivity index (χ3n) is 9.06. The van der Waals surface area contributed by atoms with E-state index < -0.39 is 17.8 Å². The molecule has 0 spiro atoms. The molecule has 2 fully saturated rings. The minimum Gasteiger partial charge on any atom is -0.462 e. The fraction of sp³-hybridized carbons (Fsp3) is 0.455. The van der Waals surface area contributed by atoms with Gasteiger partial charge in [0.2, 0.25) is 0 Å². The molecule has 3 aliphatic rings. The third kappa shape index (κ3) is 5.78. The molecule has 0 bridgehead atoms. The number of carbonyl (C=O) groups is 1. The van der Waals surface area contributed by atoms with Gasteiger partial charge in [0, 0.05) is 61.4 Å². The molecular formula is C33H37ClFN7O2. The zero-order valence-corrected chi connectivity index (χ0v) is 25.9. The van der Waals surface area contributed by atoms with Crippen molar-refractivity contribution in [3.05, 3.63) is 65.1 Å². The van der Waals surface area contributed by atoms with E-state index in [1.807, 2.05) is 18.2 Å². The number of hydrogen-bond acceptors (Lipinski definition) is 8. The molecule has 4 heterocycles. The van der Waals surface area contributed by atoms with Gasteiger partial charge >= 0.3 is 6.01 Å². The number of anilines is 2. The number of hydrogen-bond donors (Lipinski definition) is 0. The first-order valence-electron chi connectivity index (χ1n) is 15.2. The molecule has 1 aromatic heterocycles. The van der Waals surface area contributed by atoms with Crippen molar-refractivity contribution in [2.24, 2.45) is 0 Å². The van der Waals surface area contributed by atoms with E-state index in [2.05, 4.69) is 59.4 Å². The Labute approximate surface area is 262 Å². The first-order chi connectivity index (χ1) is 21.2. The second-order valence-electron chi connectivity index (χ2n) is 12.0. The summed E-state index contributed by atoms with van der Waals surface area (Å²) in [5.74, 6) is -1.03. The molecule has 3 aliphatic heterocycles. The highest BCUT2D eigenvalue weighted by molar-refractivity contribution is 6.36. The quantitative estimate of drug-likeness (QED) is 0.322. The van der Waals surface area contributed by atoms with Gasteiger partial charge in [-0.15, -0.1) is 0 Å². The van der Waals surface area contributed by atoms with E-state index in [-0.39, 0.29) is 13.0 Å². The molecule has 6 rings (SSSR count). The molecule has 2 saturated heterocycles. The minimum absolute atomic E-state index is 0.0779. The summed E-state index contributed by atoms with van der Waals surface area (Å²) in [6.45, 7) is 11.4. The lowest BCUT2D eigenvalue weighted by Gasteiger charge is -2.43. The highest BCUT2D eigenvalue weighted by atomic mass is 35.5. The normalized spacial score (nSPS) is 20.3. The molecule has 1 amide bonds. The van der Waals surface area contributed by atoms with Crippen LogP contribution in [0.2, 0.25) is 5.02 Å². The Bertz CT molecular complexity index is 1620. The Morgan fingerprint density at radius 3 is 2.64 bits per heavy atom. The molecular weight excluding hydrogens is 581 g/mol. The predicted octanol–water partition coefficient (Wildman–Crippen LogP) is 5.12. The summed E-state index contributed by atoms with van der Waals surface area (Å²) in [6, 6.07) is 14.9. The van der Waals surface area contributed by atoms with E-state index in [1.165, 1.54) is 4.90 Å². The summed E-state index contributed by atoms with van der Waals surface area (Å²) >= 11 is 6.69. The van der Waals surface area contributed by atoms with Gasteiger partial charge in [-0.1, -0.05) is 42.4 Å². The summed E-state index contributed by atoms with van der Waals surface area (Å²) in [6.07, 6.45) is 1.84. The van der Waals surface area contributed by atoms with Gasteiger partial charge in [-0.3, -0.25) is 9.69 Å². The number of amides is 1. The van der Waals surface area contributed by atoms with Crippen LogP contribution in [0.1, 0.15) is 37.9 Å². The maximum absolute atomic E-state index is 13.8. The molecule has 3 aromatic rings. The number of nitriles is 1.